The van der Waals surface area contributed by atoms with Crippen molar-refractivity contribution in [2.45, 2.75) is 13.5 Å². The lowest BCUT2D eigenvalue weighted by atomic mass is 10.0. The molecule has 0 fully saturated rings. The molecule has 0 heterocycles. The Hall–Kier alpha value is -2.20. The van der Waals surface area contributed by atoms with Gasteiger partial charge in [0.25, 0.3) is 0 Å². The topological polar surface area (TPSA) is 55.1 Å². The molecule has 0 aromatic heterocycles. The molecule has 0 aliphatic rings. The lowest BCUT2D eigenvalue weighted by Crippen LogP contribution is -2.05. The first kappa shape index (κ1) is 13.2. The van der Waals surface area contributed by atoms with Gasteiger partial charge in [-0.25, -0.2) is 4.39 Å². The summed E-state index contributed by atoms with van der Waals surface area (Å²) in [4.78, 5) is 11.0. The summed E-state index contributed by atoms with van der Waals surface area (Å²) in [5.74, 6) is -0.467. The number of benzene rings is 2. The number of anilines is 1. The van der Waals surface area contributed by atoms with Crippen LogP contribution in [0.4, 0.5) is 10.1 Å². The molecule has 19 heavy (non-hydrogen) atoms. The molecule has 0 aliphatic carbocycles. The van der Waals surface area contributed by atoms with Crippen LogP contribution in [-0.2, 0) is 11.3 Å². The third kappa shape index (κ3) is 3.17. The quantitative estimate of drug-likeness (QED) is 0.889. The first-order valence-electron chi connectivity index (χ1n) is 5.96. The molecule has 0 aliphatic heterocycles. The SMILES string of the molecule is CC(=O)Nc1cccc(-c2cc(CN)ccc2F)c1. The molecule has 2 aromatic rings. The number of halogens is 1. The highest BCUT2D eigenvalue weighted by atomic mass is 19.1. The summed E-state index contributed by atoms with van der Waals surface area (Å²) >= 11 is 0. The monoisotopic (exact) mass is 258 g/mol. The zero-order valence-corrected chi connectivity index (χ0v) is 10.6. The number of nitrogens with one attached hydrogen (secondary N) is 1. The zero-order chi connectivity index (χ0) is 13.8. The highest BCUT2D eigenvalue weighted by Crippen LogP contribution is 2.26. The molecule has 0 spiro atoms. The van der Waals surface area contributed by atoms with Crippen molar-refractivity contribution in [2.24, 2.45) is 5.73 Å². The van der Waals surface area contributed by atoms with Crippen molar-refractivity contribution in [3.05, 3.63) is 53.8 Å². The maximum Gasteiger partial charge on any atom is 0.221 e. The minimum Gasteiger partial charge on any atom is -0.326 e. The Morgan fingerprint density at radius 2 is 2.05 bits per heavy atom. The minimum atomic E-state index is -0.308. The Labute approximate surface area is 111 Å². The van der Waals surface area contributed by atoms with E-state index in [9.17, 15) is 9.18 Å². The van der Waals surface area contributed by atoms with Crippen molar-refractivity contribution in [1.82, 2.24) is 0 Å². The summed E-state index contributed by atoms with van der Waals surface area (Å²) in [6.07, 6.45) is 0. The van der Waals surface area contributed by atoms with E-state index in [0.717, 1.165) is 5.56 Å². The second kappa shape index (κ2) is 5.63. The van der Waals surface area contributed by atoms with E-state index >= 15 is 0 Å². The molecule has 0 unspecified atom stereocenters. The van der Waals surface area contributed by atoms with Crippen molar-refractivity contribution >= 4 is 11.6 Å². The average molecular weight is 258 g/mol. The predicted molar refractivity (Wildman–Crippen MR) is 74.0 cm³/mol. The number of amides is 1. The summed E-state index contributed by atoms with van der Waals surface area (Å²) in [6, 6.07) is 11.9. The molecule has 0 saturated carbocycles. The van der Waals surface area contributed by atoms with Gasteiger partial charge in [-0.2, -0.15) is 0 Å². The van der Waals surface area contributed by atoms with Crippen LogP contribution in [0.15, 0.2) is 42.5 Å². The van der Waals surface area contributed by atoms with Gasteiger partial charge in [-0.1, -0.05) is 18.2 Å². The van der Waals surface area contributed by atoms with Gasteiger partial charge in [0.2, 0.25) is 5.91 Å². The van der Waals surface area contributed by atoms with E-state index in [0.29, 0.717) is 23.4 Å². The number of hydrogen-bond acceptors (Lipinski definition) is 2. The van der Waals surface area contributed by atoms with E-state index in [4.69, 9.17) is 5.73 Å². The summed E-state index contributed by atoms with van der Waals surface area (Å²) < 4.78 is 13.9. The average Bonchev–Trinajstić information content (AvgIpc) is 2.39. The fourth-order valence-corrected chi connectivity index (χ4v) is 1.89. The van der Waals surface area contributed by atoms with E-state index in [-0.39, 0.29) is 11.7 Å². The third-order valence-corrected chi connectivity index (χ3v) is 2.76. The maximum absolute atomic E-state index is 13.9. The summed E-state index contributed by atoms with van der Waals surface area (Å²) in [5, 5.41) is 2.68. The highest BCUT2D eigenvalue weighted by Gasteiger charge is 2.07. The predicted octanol–water partition coefficient (Wildman–Crippen LogP) is 2.91. The molecule has 0 radical (unpaired) electrons. The van der Waals surface area contributed by atoms with Crippen LogP contribution in [0.1, 0.15) is 12.5 Å². The molecule has 3 nitrogen and oxygen atoms in total. The molecule has 0 atom stereocenters. The second-order valence-corrected chi connectivity index (χ2v) is 4.28. The molecule has 4 heteroatoms. The molecule has 2 rings (SSSR count). The van der Waals surface area contributed by atoms with Crippen LogP contribution in [0.3, 0.4) is 0 Å². The molecule has 2 aromatic carbocycles. The van der Waals surface area contributed by atoms with Gasteiger partial charge in [-0.05, 0) is 35.4 Å². The van der Waals surface area contributed by atoms with Gasteiger partial charge in [0, 0.05) is 24.7 Å². The zero-order valence-electron chi connectivity index (χ0n) is 10.6. The van der Waals surface area contributed by atoms with E-state index in [2.05, 4.69) is 5.32 Å². The molecular formula is C15H15FN2O. The van der Waals surface area contributed by atoms with Gasteiger partial charge in [0.1, 0.15) is 5.82 Å². The van der Waals surface area contributed by atoms with Crippen LogP contribution in [0, 0.1) is 5.82 Å². The molecule has 98 valence electrons. The normalized spacial score (nSPS) is 10.3. The summed E-state index contributed by atoms with van der Waals surface area (Å²) in [5.41, 5.74) is 8.26. The Bertz CT molecular complexity index is 611. The van der Waals surface area contributed by atoms with Gasteiger partial charge >= 0.3 is 0 Å². The van der Waals surface area contributed by atoms with E-state index in [1.54, 1.807) is 36.4 Å². The van der Waals surface area contributed by atoms with E-state index in [1.165, 1.54) is 13.0 Å². The van der Waals surface area contributed by atoms with Crippen LogP contribution >= 0.6 is 0 Å². The van der Waals surface area contributed by atoms with Crippen LogP contribution in [0.5, 0.6) is 0 Å². The van der Waals surface area contributed by atoms with Crippen LogP contribution in [0.25, 0.3) is 11.1 Å². The highest BCUT2D eigenvalue weighted by molar-refractivity contribution is 5.89. The standard InChI is InChI=1S/C15H15FN2O/c1-10(19)18-13-4-2-3-12(8-13)14-7-11(9-17)5-6-15(14)16/h2-8H,9,17H2,1H3,(H,18,19). The third-order valence-electron chi connectivity index (χ3n) is 2.76. The van der Waals surface area contributed by atoms with Crippen LogP contribution in [-0.4, -0.2) is 5.91 Å². The van der Waals surface area contributed by atoms with Crippen molar-refractivity contribution in [1.29, 1.82) is 0 Å². The summed E-state index contributed by atoms with van der Waals surface area (Å²) in [7, 11) is 0. The first-order chi connectivity index (χ1) is 9.10. The van der Waals surface area contributed by atoms with Gasteiger partial charge in [-0.3, -0.25) is 4.79 Å². The Kier molecular flexibility index (Phi) is 3.92. The smallest absolute Gasteiger partial charge is 0.221 e. The molecular weight excluding hydrogens is 243 g/mol. The van der Waals surface area contributed by atoms with Gasteiger partial charge in [-0.15, -0.1) is 0 Å². The van der Waals surface area contributed by atoms with Gasteiger partial charge in [0.15, 0.2) is 0 Å². The van der Waals surface area contributed by atoms with Crippen molar-refractivity contribution in [3.63, 3.8) is 0 Å². The number of rotatable bonds is 3. The second-order valence-electron chi connectivity index (χ2n) is 4.28. The number of hydrogen-bond donors (Lipinski definition) is 2. The fourth-order valence-electron chi connectivity index (χ4n) is 1.89. The molecule has 1 amide bonds. The summed E-state index contributed by atoms with van der Waals surface area (Å²) in [6.45, 7) is 1.79. The van der Waals surface area contributed by atoms with Crippen LogP contribution in [0.2, 0.25) is 0 Å². The Morgan fingerprint density at radius 3 is 2.74 bits per heavy atom. The van der Waals surface area contributed by atoms with Crippen molar-refractivity contribution in [2.75, 3.05) is 5.32 Å². The number of carbonyl (C=O) groups excluding carboxylic acids is 1. The lowest BCUT2D eigenvalue weighted by Gasteiger charge is -2.08. The van der Waals surface area contributed by atoms with Crippen molar-refractivity contribution < 1.29 is 9.18 Å². The van der Waals surface area contributed by atoms with Gasteiger partial charge in [0.05, 0.1) is 0 Å². The first-order valence-corrected chi connectivity index (χ1v) is 5.96. The fraction of sp³-hybridized carbons (Fsp3) is 0.133. The molecule has 0 bridgehead atoms. The number of carbonyl (C=O) groups is 1. The maximum atomic E-state index is 13.9. The van der Waals surface area contributed by atoms with E-state index < -0.39 is 0 Å². The van der Waals surface area contributed by atoms with Gasteiger partial charge < -0.3 is 11.1 Å². The largest absolute Gasteiger partial charge is 0.326 e. The van der Waals surface area contributed by atoms with Crippen molar-refractivity contribution in [3.8, 4) is 11.1 Å². The lowest BCUT2D eigenvalue weighted by molar-refractivity contribution is -0.114. The van der Waals surface area contributed by atoms with E-state index in [1.807, 2.05) is 0 Å². The minimum absolute atomic E-state index is 0.159. The Balaban J connectivity index is 2.43. The molecule has 0 saturated heterocycles. The molecule has 3 N–H and O–H groups in total. The van der Waals surface area contributed by atoms with Crippen LogP contribution < -0.4 is 11.1 Å². The Morgan fingerprint density at radius 1 is 1.26 bits per heavy atom. The number of nitrogens with two attached hydrogens (primary N) is 1.